The van der Waals surface area contributed by atoms with Gasteiger partial charge < -0.3 is 9.47 Å². The summed E-state index contributed by atoms with van der Waals surface area (Å²) in [5.41, 5.74) is -1.25. The van der Waals surface area contributed by atoms with Gasteiger partial charge in [0.05, 0.1) is 12.0 Å². The molecule has 1 rings (SSSR count). The van der Waals surface area contributed by atoms with E-state index in [-0.39, 0.29) is 18.2 Å². The van der Waals surface area contributed by atoms with E-state index in [0.29, 0.717) is 19.6 Å². The Morgan fingerprint density at radius 2 is 1.72 bits per heavy atom. The molecule has 0 spiro atoms. The molecule has 5 heteroatoms. The highest BCUT2D eigenvalue weighted by molar-refractivity contribution is 9.10. The molecule has 0 fully saturated rings. The molecule has 4 nitrogen and oxygen atoms in total. The van der Waals surface area contributed by atoms with Crippen molar-refractivity contribution in [1.29, 1.82) is 0 Å². The first-order valence-electron chi connectivity index (χ1n) is 10.4. The second-order valence-electron chi connectivity index (χ2n) is 9.56. The number of esters is 1. The van der Waals surface area contributed by atoms with Crippen LogP contribution < -0.4 is 0 Å². The van der Waals surface area contributed by atoms with Crippen LogP contribution >= 0.6 is 15.9 Å². The van der Waals surface area contributed by atoms with Gasteiger partial charge in [0.2, 0.25) is 0 Å². The van der Waals surface area contributed by atoms with Crippen LogP contribution in [0.5, 0.6) is 0 Å². The van der Waals surface area contributed by atoms with E-state index in [2.05, 4.69) is 22.9 Å². The summed E-state index contributed by atoms with van der Waals surface area (Å²) in [7, 11) is 0. The standard InChI is InChI=1S/C24H37BrO4/c1-8-9-15-28-17-23(5,6)20(26)13-14-24(7,21(27)29-22(2,3)4)18-11-10-12-19(25)16-18/h10-12,16H,8-9,13-15,17H2,1-7H3. The van der Waals surface area contributed by atoms with Crippen molar-refractivity contribution in [2.75, 3.05) is 13.2 Å². The van der Waals surface area contributed by atoms with Crippen molar-refractivity contribution >= 4 is 27.7 Å². The molecule has 0 aromatic heterocycles. The Balaban J connectivity index is 2.98. The summed E-state index contributed by atoms with van der Waals surface area (Å²) in [6.07, 6.45) is 2.72. The Morgan fingerprint density at radius 3 is 2.28 bits per heavy atom. The number of hydrogen-bond donors (Lipinski definition) is 0. The molecule has 1 unspecified atom stereocenters. The summed E-state index contributed by atoms with van der Waals surface area (Å²) < 4.78 is 12.3. The lowest BCUT2D eigenvalue weighted by Gasteiger charge is -2.33. The van der Waals surface area contributed by atoms with Crippen molar-refractivity contribution in [3.63, 3.8) is 0 Å². The molecule has 0 saturated heterocycles. The van der Waals surface area contributed by atoms with Gasteiger partial charge in [0.1, 0.15) is 11.4 Å². The average molecular weight is 469 g/mol. The first-order valence-corrected chi connectivity index (χ1v) is 11.2. The molecule has 1 atom stereocenters. The Bertz CT molecular complexity index is 690. The van der Waals surface area contributed by atoms with Gasteiger partial charge in [-0.05, 0) is 58.2 Å². The lowest BCUT2D eigenvalue weighted by atomic mass is 9.75. The molecule has 0 amide bonds. The van der Waals surface area contributed by atoms with Crippen molar-refractivity contribution in [2.24, 2.45) is 5.41 Å². The Morgan fingerprint density at radius 1 is 1.07 bits per heavy atom. The third kappa shape index (κ3) is 8.21. The number of ether oxygens (including phenoxy) is 2. The maximum atomic E-state index is 13.1. The van der Waals surface area contributed by atoms with Crippen LogP contribution in [0, 0.1) is 5.41 Å². The molecule has 0 radical (unpaired) electrons. The Labute approximate surface area is 184 Å². The zero-order valence-electron chi connectivity index (χ0n) is 19.1. The van der Waals surface area contributed by atoms with E-state index in [0.717, 1.165) is 22.9 Å². The second-order valence-corrected chi connectivity index (χ2v) is 10.5. The van der Waals surface area contributed by atoms with Crippen LogP contribution in [0.1, 0.15) is 79.7 Å². The van der Waals surface area contributed by atoms with E-state index in [1.54, 1.807) is 0 Å². The quantitative estimate of drug-likeness (QED) is 0.284. The average Bonchev–Trinajstić information content (AvgIpc) is 2.61. The maximum Gasteiger partial charge on any atom is 0.316 e. The molecule has 0 aliphatic heterocycles. The van der Waals surface area contributed by atoms with Crippen LogP contribution in [0.2, 0.25) is 0 Å². The van der Waals surface area contributed by atoms with Crippen LogP contribution in [0.3, 0.4) is 0 Å². The Hall–Kier alpha value is -1.20. The van der Waals surface area contributed by atoms with Gasteiger partial charge in [0.25, 0.3) is 0 Å². The number of carbonyl (C=O) groups is 2. The monoisotopic (exact) mass is 468 g/mol. The van der Waals surface area contributed by atoms with Crippen molar-refractivity contribution in [1.82, 2.24) is 0 Å². The van der Waals surface area contributed by atoms with Crippen LogP contribution in [0.25, 0.3) is 0 Å². The van der Waals surface area contributed by atoms with E-state index >= 15 is 0 Å². The number of hydrogen-bond acceptors (Lipinski definition) is 4. The van der Waals surface area contributed by atoms with Crippen LogP contribution in [-0.4, -0.2) is 30.6 Å². The third-order valence-corrected chi connectivity index (χ3v) is 5.52. The van der Waals surface area contributed by atoms with E-state index in [9.17, 15) is 9.59 Å². The molecule has 0 aliphatic rings. The molecule has 29 heavy (non-hydrogen) atoms. The van der Waals surface area contributed by atoms with E-state index in [4.69, 9.17) is 9.47 Å². The second kappa shape index (κ2) is 10.7. The highest BCUT2D eigenvalue weighted by Gasteiger charge is 2.40. The fourth-order valence-corrected chi connectivity index (χ4v) is 3.34. The predicted octanol–water partition coefficient (Wildman–Crippen LogP) is 6.24. The maximum absolute atomic E-state index is 13.1. The minimum absolute atomic E-state index is 0.0961. The van der Waals surface area contributed by atoms with Crippen LogP contribution in [0.15, 0.2) is 28.7 Å². The van der Waals surface area contributed by atoms with Gasteiger partial charge >= 0.3 is 5.97 Å². The van der Waals surface area contributed by atoms with Gasteiger partial charge in [-0.25, -0.2) is 0 Å². The molecule has 164 valence electrons. The minimum atomic E-state index is -0.911. The van der Waals surface area contributed by atoms with Gasteiger partial charge in [-0.1, -0.05) is 55.3 Å². The summed E-state index contributed by atoms with van der Waals surface area (Å²) in [5.74, 6) is -0.216. The summed E-state index contributed by atoms with van der Waals surface area (Å²) in [6, 6.07) is 7.65. The van der Waals surface area contributed by atoms with Crippen molar-refractivity contribution in [3.05, 3.63) is 34.3 Å². The number of halogens is 1. The lowest BCUT2D eigenvalue weighted by molar-refractivity contribution is -0.162. The molecule has 1 aromatic rings. The SMILES string of the molecule is CCCCOCC(C)(C)C(=O)CCC(C)(C(=O)OC(C)(C)C)c1cccc(Br)c1. The van der Waals surface area contributed by atoms with Gasteiger partial charge in [0, 0.05) is 22.9 Å². The molecule has 0 saturated carbocycles. The van der Waals surface area contributed by atoms with E-state index < -0.39 is 16.4 Å². The fourth-order valence-electron chi connectivity index (χ4n) is 2.94. The number of ketones is 1. The van der Waals surface area contributed by atoms with E-state index in [1.165, 1.54) is 0 Å². The van der Waals surface area contributed by atoms with Gasteiger partial charge in [-0.15, -0.1) is 0 Å². The van der Waals surface area contributed by atoms with Crippen molar-refractivity contribution < 1.29 is 19.1 Å². The first kappa shape index (κ1) is 25.8. The number of unbranched alkanes of at least 4 members (excludes halogenated alkanes) is 1. The highest BCUT2D eigenvalue weighted by atomic mass is 79.9. The van der Waals surface area contributed by atoms with Gasteiger partial charge in [-0.3, -0.25) is 9.59 Å². The van der Waals surface area contributed by atoms with E-state index in [1.807, 2.05) is 65.8 Å². The lowest BCUT2D eigenvalue weighted by Crippen LogP contribution is -2.40. The first-order chi connectivity index (χ1) is 13.3. The highest BCUT2D eigenvalue weighted by Crippen LogP contribution is 2.35. The normalized spacial score (nSPS) is 14.3. The molecule has 0 aliphatic carbocycles. The third-order valence-electron chi connectivity index (χ3n) is 5.02. The van der Waals surface area contributed by atoms with Crippen LogP contribution in [0.4, 0.5) is 0 Å². The number of Topliss-reactive ketones (excluding diaryl/α,β-unsaturated/α-hetero) is 1. The zero-order valence-corrected chi connectivity index (χ0v) is 20.6. The zero-order chi connectivity index (χ0) is 22.3. The van der Waals surface area contributed by atoms with Crippen LogP contribution in [-0.2, 0) is 24.5 Å². The number of carbonyl (C=O) groups excluding carboxylic acids is 2. The topological polar surface area (TPSA) is 52.6 Å². The summed E-state index contributed by atoms with van der Waals surface area (Å²) >= 11 is 3.48. The molecular weight excluding hydrogens is 432 g/mol. The molecular formula is C24H37BrO4. The van der Waals surface area contributed by atoms with Crippen molar-refractivity contribution in [2.45, 2.75) is 85.2 Å². The largest absolute Gasteiger partial charge is 0.459 e. The molecule has 0 bridgehead atoms. The fraction of sp³-hybridized carbons (Fsp3) is 0.667. The smallest absolute Gasteiger partial charge is 0.316 e. The summed E-state index contributed by atoms with van der Waals surface area (Å²) in [4.78, 5) is 26.1. The minimum Gasteiger partial charge on any atom is -0.459 e. The summed E-state index contributed by atoms with van der Waals surface area (Å²) in [5, 5.41) is 0. The molecule has 1 aromatic carbocycles. The predicted molar refractivity (Wildman–Crippen MR) is 121 cm³/mol. The van der Waals surface area contributed by atoms with Gasteiger partial charge in [-0.2, -0.15) is 0 Å². The molecule has 0 N–H and O–H groups in total. The van der Waals surface area contributed by atoms with Gasteiger partial charge in [0.15, 0.2) is 0 Å². The molecule has 0 heterocycles. The number of rotatable bonds is 11. The summed E-state index contributed by atoms with van der Waals surface area (Å²) in [6.45, 7) is 14.4. The van der Waals surface area contributed by atoms with Crippen molar-refractivity contribution in [3.8, 4) is 0 Å². The number of benzene rings is 1. The Kier molecular flexibility index (Phi) is 9.55.